The summed E-state index contributed by atoms with van der Waals surface area (Å²) in [6.45, 7) is 10.6. The molecule has 0 aromatic heterocycles. The number of para-hydroxylation sites is 1. The lowest BCUT2D eigenvalue weighted by Crippen LogP contribution is -2.35. The van der Waals surface area contributed by atoms with Crippen LogP contribution in [0.15, 0.2) is 18.2 Å². The van der Waals surface area contributed by atoms with Crippen LogP contribution in [0.1, 0.15) is 31.9 Å². The molecule has 3 heteroatoms. The summed E-state index contributed by atoms with van der Waals surface area (Å²) in [7, 11) is 1.68. The van der Waals surface area contributed by atoms with Gasteiger partial charge in [0.2, 0.25) is 0 Å². The molecular weight excluding hydrogens is 226 g/mol. The predicted molar refractivity (Wildman–Crippen MR) is 75.1 cm³/mol. The first-order chi connectivity index (χ1) is 8.44. The number of hydrogen-bond acceptors (Lipinski definition) is 3. The molecule has 0 unspecified atom stereocenters. The van der Waals surface area contributed by atoms with E-state index in [4.69, 9.17) is 9.47 Å². The lowest BCUT2D eigenvalue weighted by atomic mass is 10.1. The summed E-state index contributed by atoms with van der Waals surface area (Å²) >= 11 is 0. The third kappa shape index (κ3) is 5.07. The van der Waals surface area contributed by atoms with E-state index in [0.29, 0.717) is 13.2 Å². The van der Waals surface area contributed by atoms with Crippen LogP contribution in [0.2, 0.25) is 0 Å². The van der Waals surface area contributed by atoms with Gasteiger partial charge in [0.25, 0.3) is 0 Å². The van der Waals surface area contributed by atoms with Crippen molar-refractivity contribution in [1.29, 1.82) is 0 Å². The largest absolute Gasteiger partial charge is 0.491 e. The van der Waals surface area contributed by atoms with E-state index in [0.717, 1.165) is 12.3 Å². The first kappa shape index (κ1) is 15.0. The maximum absolute atomic E-state index is 5.81. The molecule has 0 amide bonds. The molecule has 0 spiro atoms. The highest BCUT2D eigenvalue weighted by atomic mass is 16.5. The van der Waals surface area contributed by atoms with Gasteiger partial charge in [0, 0.05) is 24.8 Å². The SMILES string of the molecule is COCCOc1c(C)cccc1CNC(C)(C)C. The van der Waals surface area contributed by atoms with E-state index in [1.165, 1.54) is 11.1 Å². The monoisotopic (exact) mass is 251 g/mol. The quantitative estimate of drug-likeness (QED) is 0.789. The van der Waals surface area contributed by atoms with E-state index >= 15 is 0 Å². The molecule has 0 aliphatic carbocycles. The second-order valence-electron chi connectivity index (χ2n) is 5.51. The van der Waals surface area contributed by atoms with Gasteiger partial charge in [0.1, 0.15) is 12.4 Å². The summed E-state index contributed by atoms with van der Waals surface area (Å²) in [5.41, 5.74) is 2.47. The van der Waals surface area contributed by atoms with Crippen molar-refractivity contribution in [1.82, 2.24) is 5.32 Å². The molecule has 0 fully saturated rings. The summed E-state index contributed by atoms with van der Waals surface area (Å²) in [5.74, 6) is 0.978. The van der Waals surface area contributed by atoms with Crippen molar-refractivity contribution in [2.45, 2.75) is 39.8 Å². The van der Waals surface area contributed by atoms with E-state index in [9.17, 15) is 0 Å². The zero-order valence-corrected chi connectivity index (χ0v) is 12.2. The molecule has 18 heavy (non-hydrogen) atoms. The normalized spacial score (nSPS) is 11.6. The fraction of sp³-hybridized carbons (Fsp3) is 0.600. The molecule has 0 aliphatic heterocycles. The van der Waals surface area contributed by atoms with Gasteiger partial charge >= 0.3 is 0 Å². The summed E-state index contributed by atoms with van der Waals surface area (Å²) in [5, 5.41) is 3.48. The molecule has 0 atom stereocenters. The van der Waals surface area contributed by atoms with Crippen molar-refractivity contribution in [3.63, 3.8) is 0 Å². The molecule has 0 saturated carbocycles. The molecule has 102 valence electrons. The summed E-state index contributed by atoms with van der Waals surface area (Å²) in [4.78, 5) is 0. The molecule has 1 N–H and O–H groups in total. The van der Waals surface area contributed by atoms with Crippen molar-refractivity contribution in [2.75, 3.05) is 20.3 Å². The van der Waals surface area contributed by atoms with Crippen LogP contribution >= 0.6 is 0 Å². The Hall–Kier alpha value is -1.06. The predicted octanol–water partition coefficient (Wildman–Crippen LogP) is 2.91. The van der Waals surface area contributed by atoms with Crippen LogP contribution in [0.25, 0.3) is 0 Å². The topological polar surface area (TPSA) is 30.5 Å². The number of hydrogen-bond donors (Lipinski definition) is 1. The molecular formula is C15H25NO2. The number of methoxy groups -OCH3 is 1. The van der Waals surface area contributed by atoms with Crippen LogP contribution in [0.4, 0.5) is 0 Å². The van der Waals surface area contributed by atoms with Gasteiger partial charge < -0.3 is 14.8 Å². The second kappa shape index (κ2) is 6.76. The number of aryl methyl sites for hydroxylation is 1. The molecule has 0 bridgehead atoms. The maximum Gasteiger partial charge on any atom is 0.126 e. The minimum atomic E-state index is 0.105. The van der Waals surface area contributed by atoms with Crippen LogP contribution in [0, 0.1) is 6.92 Å². The maximum atomic E-state index is 5.81. The van der Waals surface area contributed by atoms with E-state index in [-0.39, 0.29) is 5.54 Å². The minimum Gasteiger partial charge on any atom is -0.491 e. The lowest BCUT2D eigenvalue weighted by molar-refractivity contribution is 0.145. The van der Waals surface area contributed by atoms with Gasteiger partial charge in [-0.3, -0.25) is 0 Å². The van der Waals surface area contributed by atoms with Gasteiger partial charge in [-0.2, -0.15) is 0 Å². The molecule has 0 radical (unpaired) electrons. The molecule has 0 saturated heterocycles. The fourth-order valence-electron chi connectivity index (χ4n) is 1.65. The van der Waals surface area contributed by atoms with Crippen molar-refractivity contribution < 1.29 is 9.47 Å². The van der Waals surface area contributed by atoms with E-state index in [1.54, 1.807) is 7.11 Å². The van der Waals surface area contributed by atoms with Gasteiger partial charge in [-0.05, 0) is 33.3 Å². The molecule has 3 nitrogen and oxygen atoms in total. The van der Waals surface area contributed by atoms with Gasteiger partial charge in [-0.1, -0.05) is 18.2 Å². The molecule has 1 aromatic rings. The van der Waals surface area contributed by atoms with Crippen molar-refractivity contribution in [3.8, 4) is 5.75 Å². The average Bonchev–Trinajstić information content (AvgIpc) is 2.28. The summed E-state index contributed by atoms with van der Waals surface area (Å²) in [6.07, 6.45) is 0. The number of rotatable bonds is 6. The number of nitrogens with one attached hydrogen (secondary N) is 1. The Morgan fingerprint density at radius 2 is 1.89 bits per heavy atom. The van der Waals surface area contributed by atoms with Crippen LogP contribution in [-0.2, 0) is 11.3 Å². The Balaban J connectivity index is 2.73. The molecule has 1 rings (SSSR count). The Bertz CT molecular complexity index is 369. The highest BCUT2D eigenvalue weighted by molar-refractivity contribution is 5.40. The third-order valence-electron chi connectivity index (χ3n) is 2.64. The van der Waals surface area contributed by atoms with Gasteiger partial charge in [0.15, 0.2) is 0 Å². The minimum absolute atomic E-state index is 0.105. The summed E-state index contributed by atoms with van der Waals surface area (Å²) in [6, 6.07) is 6.24. The highest BCUT2D eigenvalue weighted by Gasteiger charge is 2.12. The molecule has 0 aliphatic rings. The zero-order valence-electron chi connectivity index (χ0n) is 12.2. The van der Waals surface area contributed by atoms with Crippen LogP contribution in [0.5, 0.6) is 5.75 Å². The Morgan fingerprint density at radius 1 is 1.17 bits per heavy atom. The van der Waals surface area contributed by atoms with Crippen LogP contribution < -0.4 is 10.1 Å². The van der Waals surface area contributed by atoms with Gasteiger partial charge in [0.05, 0.1) is 6.61 Å². The van der Waals surface area contributed by atoms with Gasteiger partial charge in [-0.25, -0.2) is 0 Å². The Morgan fingerprint density at radius 3 is 2.50 bits per heavy atom. The van der Waals surface area contributed by atoms with Crippen molar-refractivity contribution in [3.05, 3.63) is 29.3 Å². The van der Waals surface area contributed by atoms with Crippen LogP contribution in [-0.4, -0.2) is 25.9 Å². The molecule has 1 aromatic carbocycles. The highest BCUT2D eigenvalue weighted by Crippen LogP contribution is 2.23. The smallest absolute Gasteiger partial charge is 0.126 e. The first-order valence-corrected chi connectivity index (χ1v) is 6.39. The van der Waals surface area contributed by atoms with E-state index < -0.39 is 0 Å². The second-order valence-corrected chi connectivity index (χ2v) is 5.51. The van der Waals surface area contributed by atoms with E-state index in [1.807, 2.05) is 0 Å². The van der Waals surface area contributed by atoms with Gasteiger partial charge in [-0.15, -0.1) is 0 Å². The standard InChI is InChI=1S/C15H25NO2/c1-12-7-6-8-13(11-16-15(2,3)4)14(12)18-10-9-17-5/h6-8,16H,9-11H2,1-5H3. The first-order valence-electron chi connectivity index (χ1n) is 6.39. The fourth-order valence-corrected chi connectivity index (χ4v) is 1.65. The summed E-state index contributed by atoms with van der Waals surface area (Å²) < 4.78 is 10.8. The van der Waals surface area contributed by atoms with Crippen molar-refractivity contribution in [2.24, 2.45) is 0 Å². The lowest BCUT2D eigenvalue weighted by Gasteiger charge is -2.22. The average molecular weight is 251 g/mol. The van der Waals surface area contributed by atoms with E-state index in [2.05, 4.69) is 51.2 Å². The number of ether oxygens (including phenoxy) is 2. The van der Waals surface area contributed by atoms with Crippen LogP contribution in [0.3, 0.4) is 0 Å². The zero-order chi connectivity index (χ0) is 13.6. The Kier molecular flexibility index (Phi) is 5.63. The Labute approximate surface area is 110 Å². The molecule has 0 heterocycles. The van der Waals surface area contributed by atoms with Crippen molar-refractivity contribution >= 4 is 0 Å². The third-order valence-corrected chi connectivity index (χ3v) is 2.64. The number of benzene rings is 1.